The first-order chi connectivity index (χ1) is 14.0. The molecule has 1 fully saturated rings. The van der Waals surface area contributed by atoms with Crippen molar-refractivity contribution in [1.82, 2.24) is 4.90 Å². The van der Waals surface area contributed by atoms with Gasteiger partial charge in [-0.1, -0.05) is 30.7 Å². The second kappa shape index (κ2) is 10.4. The van der Waals surface area contributed by atoms with Crippen molar-refractivity contribution in [1.29, 1.82) is 0 Å². The molecule has 1 aliphatic heterocycles. The Bertz CT molecular complexity index is 729. The maximum atomic E-state index is 12.0. The second-order valence-electron chi connectivity index (χ2n) is 8.32. The summed E-state index contributed by atoms with van der Waals surface area (Å²) in [6, 6.07) is 9.15. The normalized spacial score (nSPS) is 21.4. The summed E-state index contributed by atoms with van der Waals surface area (Å²) in [6.07, 6.45) is 6.44. The van der Waals surface area contributed by atoms with Crippen LogP contribution in [0.25, 0.3) is 0 Å². The Balaban J connectivity index is 1.68. The van der Waals surface area contributed by atoms with E-state index < -0.39 is 13.1 Å². The number of fused-ring (bicyclic) bond motifs is 1. The van der Waals surface area contributed by atoms with E-state index in [9.17, 15) is 9.90 Å². The Labute approximate surface area is 173 Å². The van der Waals surface area contributed by atoms with Crippen LogP contribution in [0.15, 0.2) is 35.4 Å². The number of aliphatic carboxylic acids is 1. The van der Waals surface area contributed by atoms with E-state index in [1.54, 1.807) is 0 Å². The molecule has 0 radical (unpaired) electrons. The summed E-state index contributed by atoms with van der Waals surface area (Å²) < 4.78 is 0. The fourth-order valence-corrected chi connectivity index (χ4v) is 5.07. The number of carbonyl (C=O) groups is 1. The Morgan fingerprint density at radius 3 is 2.55 bits per heavy atom. The molecule has 1 aliphatic carbocycles. The summed E-state index contributed by atoms with van der Waals surface area (Å²) in [5.41, 5.74) is 9.98. The number of benzene rings is 1. The molecule has 0 aromatic heterocycles. The van der Waals surface area contributed by atoms with Crippen molar-refractivity contribution in [2.45, 2.75) is 57.3 Å². The van der Waals surface area contributed by atoms with Crippen LogP contribution in [-0.4, -0.2) is 52.8 Å². The van der Waals surface area contributed by atoms with E-state index in [2.05, 4.69) is 29.2 Å². The van der Waals surface area contributed by atoms with E-state index in [1.807, 2.05) is 0 Å². The Morgan fingerprint density at radius 1 is 1.17 bits per heavy atom. The van der Waals surface area contributed by atoms with E-state index in [0.717, 1.165) is 37.9 Å². The van der Waals surface area contributed by atoms with Gasteiger partial charge in [0.2, 0.25) is 0 Å². The zero-order valence-electron chi connectivity index (χ0n) is 17.1. The molecule has 0 saturated carbocycles. The first kappa shape index (κ1) is 22.0. The van der Waals surface area contributed by atoms with Crippen molar-refractivity contribution in [2.24, 2.45) is 11.7 Å². The highest BCUT2D eigenvalue weighted by Crippen LogP contribution is 2.38. The maximum Gasteiger partial charge on any atom is 0.451 e. The van der Waals surface area contributed by atoms with Crippen molar-refractivity contribution in [2.75, 3.05) is 19.6 Å². The molecule has 1 atom stereocenters. The van der Waals surface area contributed by atoms with Crippen LogP contribution in [-0.2, 0) is 11.2 Å². The number of aryl methyl sites for hydroxylation is 1. The molecule has 29 heavy (non-hydrogen) atoms. The third-order valence-electron chi connectivity index (χ3n) is 6.51. The molecule has 2 aliphatic rings. The number of carboxylic acid groups (broad SMARTS) is 1. The van der Waals surface area contributed by atoms with Gasteiger partial charge in [-0.15, -0.1) is 0 Å². The molecule has 0 amide bonds. The molecule has 1 heterocycles. The molecule has 1 aromatic carbocycles. The number of hydrogen-bond donors (Lipinski definition) is 4. The minimum atomic E-state index is -1.36. The van der Waals surface area contributed by atoms with Gasteiger partial charge in [-0.2, -0.15) is 0 Å². The lowest BCUT2D eigenvalue weighted by molar-refractivity contribution is -0.133. The lowest BCUT2D eigenvalue weighted by Crippen LogP contribution is -2.39. The highest BCUT2D eigenvalue weighted by Gasteiger charge is 2.32. The third-order valence-corrected chi connectivity index (χ3v) is 6.51. The van der Waals surface area contributed by atoms with Gasteiger partial charge >= 0.3 is 13.1 Å². The van der Waals surface area contributed by atoms with Gasteiger partial charge in [-0.3, -0.25) is 4.90 Å². The van der Waals surface area contributed by atoms with Gasteiger partial charge in [0.15, 0.2) is 0 Å². The number of piperidine rings is 1. The number of hydrogen-bond acceptors (Lipinski definition) is 5. The zero-order valence-corrected chi connectivity index (χ0v) is 17.1. The molecular weight excluding hydrogens is 367 g/mol. The molecule has 0 bridgehead atoms. The molecule has 0 spiro atoms. The minimum Gasteiger partial charge on any atom is -0.478 e. The third kappa shape index (κ3) is 5.48. The minimum absolute atomic E-state index is 0.0141. The van der Waals surface area contributed by atoms with Crippen molar-refractivity contribution in [3.63, 3.8) is 0 Å². The molecule has 1 aromatic rings. The number of likely N-dealkylation sites (tertiary alicyclic amines) is 1. The quantitative estimate of drug-likeness (QED) is 0.394. The van der Waals surface area contributed by atoms with Gasteiger partial charge in [0.05, 0.1) is 0 Å². The highest BCUT2D eigenvalue weighted by molar-refractivity contribution is 6.40. The Kier molecular flexibility index (Phi) is 7.89. The monoisotopic (exact) mass is 400 g/mol. The molecule has 3 rings (SSSR count). The van der Waals surface area contributed by atoms with Crippen LogP contribution in [0, 0.1) is 5.92 Å². The summed E-state index contributed by atoms with van der Waals surface area (Å²) in [6.45, 7) is 2.00. The average molecular weight is 400 g/mol. The van der Waals surface area contributed by atoms with Crippen LogP contribution in [0.2, 0.25) is 6.32 Å². The average Bonchev–Trinajstić information content (AvgIpc) is 2.72. The molecule has 6 nitrogen and oxygen atoms in total. The van der Waals surface area contributed by atoms with E-state index in [0.29, 0.717) is 24.5 Å². The number of carboxylic acids is 1. The molecular formula is C22H33BN2O4. The molecule has 5 N–H and O–H groups in total. The van der Waals surface area contributed by atoms with Crippen LogP contribution in [0.3, 0.4) is 0 Å². The first-order valence-electron chi connectivity index (χ1n) is 10.8. The van der Waals surface area contributed by atoms with Crippen LogP contribution < -0.4 is 5.73 Å². The summed E-state index contributed by atoms with van der Waals surface area (Å²) in [4.78, 5) is 14.5. The topological polar surface area (TPSA) is 107 Å². The lowest BCUT2D eigenvalue weighted by atomic mass is 9.80. The van der Waals surface area contributed by atoms with Crippen molar-refractivity contribution >= 4 is 13.1 Å². The second-order valence-corrected chi connectivity index (χ2v) is 8.32. The number of nitrogens with zero attached hydrogens (tertiary/aromatic N) is 1. The Morgan fingerprint density at radius 2 is 1.90 bits per heavy atom. The number of rotatable bonds is 8. The van der Waals surface area contributed by atoms with E-state index >= 15 is 0 Å². The summed E-state index contributed by atoms with van der Waals surface area (Å²) in [5.74, 6) is -0.864. The van der Waals surface area contributed by atoms with Crippen LogP contribution in [0.4, 0.5) is 0 Å². The largest absolute Gasteiger partial charge is 0.478 e. The van der Waals surface area contributed by atoms with Gasteiger partial charge in [0.25, 0.3) is 0 Å². The predicted octanol–water partition coefficient (Wildman–Crippen LogP) is 2.37. The van der Waals surface area contributed by atoms with Crippen LogP contribution in [0.5, 0.6) is 0 Å². The van der Waals surface area contributed by atoms with Crippen molar-refractivity contribution in [3.8, 4) is 0 Å². The van der Waals surface area contributed by atoms with Crippen molar-refractivity contribution in [3.05, 3.63) is 46.5 Å². The first-order valence-corrected chi connectivity index (χ1v) is 10.8. The predicted molar refractivity (Wildman–Crippen MR) is 114 cm³/mol. The summed E-state index contributed by atoms with van der Waals surface area (Å²) >= 11 is 0. The van der Waals surface area contributed by atoms with Gasteiger partial charge in [-0.05, 0) is 80.6 Å². The SMILES string of the molecule is NC/C(CCCB(O)O)=C(\C(=O)O)C1CCN(C2CCCc3ccccc32)CC1. The smallest absolute Gasteiger partial charge is 0.451 e. The lowest BCUT2D eigenvalue weighted by Gasteiger charge is -2.40. The van der Waals surface area contributed by atoms with Crippen molar-refractivity contribution < 1.29 is 19.9 Å². The van der Waals surface area contributed by atoms with Crippen LogP contribution >= 0.6 is 0 Å². The van der Waals surface area contributed by atoms with Gasteiger partial charge in [0, 0.05) is 18.2 Å². The standard InChI is InChI=1S/C22H33BN2O4/c24-15-18(7-4-12-23(28)29)21(22(26)27)17-10-13-25(14-11-17)20-9-3-6-16-5-1-2-8-19(16)20/h1-2,5,8,17,20,28-29H,3-4,6-7,9-15,24H2,(H,26,27)/b21-18-. The fourth-order valence-electron chi connectivity index (χ4n) is 5.07. The van der Waals surface area contributed by atoms with Gasteiger partial charge in [0.1, 0.15) is 0 Å². The summed E-state index contributed by atoms with van der Waals surface area (Å²) in [5, 5.41) is 27.9. The molecule has 158 valence electrons. The summed E-state index contributed by atoms with van der Waals surface area (Å²) in [7, 11) is -1.36. The Hall–Kier alpha value is -1.67. The van der Waals surface area contributed by atoms with Gasteiger partial charge < -0.3 is 20.9 Å². The number of nitrogens with two attached hydrogens (primary N) is 1. The molecule has 7 heteroatoms. The maximum absolute atomic E-state index is 12.0. The van der Waals surface area contributed by atoms with E-state index in [4.69, 9.17) is 15.8 Å². The van der Waals surface area contributed by atoms with E-state index in [1.165, 1.54) is 24.0 Å². The molecule has 1 unspecified atom stereocenters. The van der Waals surface area contributed by atoms with E-state index in [-0.39, 0.29) is 18.8 Å². The molecule has 1 saturated heterocycles. The fraction of sp³-hybridized carbons (Fsp3) is 0.591. The van der Waals surface area contributed by atoms with Crippen LogP contribution in [0.1, 0.15) is 55.7 Å². The van der Waals surface area contributed by atoms with Gasteiger partial charge in [-0.25, -0.2) is 4.79 Å². The highest BCUT2D eigenvalue weighted by atomic mass is 16.4. The zero-order chi connectivity index (χ0) is 20.8.